The summed E-state index contributed by atoms with van der Waals surface area (Å²) >= 11 is 0. The van der Waals surface area contributed by atoms with Crippen molar-refractivity contribution in [1.29, 1.82) is 0 Å². The molecule has 0 aliphatic rings. The van der Waals surface area contributed by atoms with E-state index in [1.807, 2.05) is 45.0 Å². The molecule has 0 unspecified atom stereocenters. The molecule has 1 aromatic carbocycles. The predicted molar refractivity (Wildman–Crippen MR) is 106 cm³/mol. The fourth-order valence-corrected chi connectivity index (χ4v) is 2.95. The Bertz CT molecular complexity index is 1050. The maximum absolute atomic E-state index is 12.7. The zero-order valence-electron chi connectivity index (χ0n) is 16.6. The van der Waals surface area contributed by atoms with Gasteiger partial charge in [0.2, 0.25) is 5.91 Å². The Hall–Kier alpha value is -3.16. The van der Waals surface area contributed by atoms with Gasteiger partial charge in [-0.2, -0.15) is 5.10 Å². The van der Waals surface area contributed by atoms with Gasteiger partial charge in [-0.1, -0.05) is 18.2 Å². The Balaban J connectivity index is 1.66. The molecular weight excluding hydrogens is 358 g/mol. The third-order valence-corrected chi connectivity index (χ3v) is 4.44. The number of hydrogen-bond acceptors (Lipinski definition) is 5. The number of hydrogen-bond donors (Lipinski definition) is 1. The number of para-hydroxylation sites is 1. The molecule has 2 heterocycles. The summed E-state index contributed by atoms with van der Waals surface area (Å²) in [5, 5.41) is 7.60. The van der Waals surface area contributed by atoms with Crippen LogP contribution < -0.4 is 15.6 Å². The lowest BCUT2D eigenvalue weighted by molar-refractivity contribution is -0.121. The highest BCUT2D eigenvalue weighted by molar-refractivity contribution is 5.76. The van der Waals surface area contributed by atoms with Gasteiger partial charge < -0.3 is 10.1 Å². The molecule has 0 spiro atoms. The molecule has 0 aliphatic heterocycles. The minimum atomic E-state index is -0.272. The summed E-state index contributed by atoms with van der Waals surface area (Å²) in [6.45, 7) is 6.61. The fourth-order valence-electron chi connectivity index (χ4n) is 2.95. The van der Waals surface area contributed by atoms with Crippen molar-refractivity contribution >= 4 is 16.9 Å². The first-order chi connectivity index (χ1) is 13.3. The summed E-state index contributed by atoms with van der Waals surface area (Å²) in [7, 11) is 1.60. The molecule has 3 aromatic rings. The summed E-state index contributed by atoms with van der Waals surface area (Å²) in [6, 6.07) is 7.51. The highest BCUT2D eigenvalue weighted by Crippen LogP contribution is 2.18. The highest BCUT2D eigenvalue weighted by atomic mass is 16.5. The van der Waals surface area contributed by atoms with E-state index in [0.717, 1.165) is 11.3 Å². The van der Waals surface area contributed by atoms with Gasteiger partial charge in [-0.15, -0.1) is 0 Å². The van der Waals surface area contributed by atoms with Gasteiger partial charge in [0.05, 0.1) is 25.2 Å². The second kappa shape index (κ2) is 7.84. The van der Waals surface area contributed by atoms with Crippen molar-refractivity contribution in [2.75, 3.05) is 7.11 Å². The Kier molecular flexibility index (Phi) is 5.48. The molecule has 3 rings (SSSR count). The zero-order valence-corrected chi connectivity index (χ0v) is 16.6. The first-order valence-electron chi connectivity index (χ1n) is 9.13. The minimum Gasteiger partial charge on any atom is -0.496 e. The maximum atomic E-state index is 12.7. The number of benzene rings is 1. The van der Waals surface area contributed by atoms with E-state index in [9.17, 15) is 9.59 Å². The van der Waals surface area contributed by atoms with E-state index >= 15 is 0 Å². The summed E-state index contributed by atoms with van der Waals surface area (Å²) < 4.78 is 8.45. The Morgan fingerprint density at radius 3 is 2.71 bits per heavy atom. The van der Waals surface area contributed by atoms with Gasteiger partial charge in [-0.3, -0.25) is 14.2 Å². The SMILES string of the molecule is COc1ccccc1CNC(=O)CCn1cnc2c(cnn2C(C)(C)C)c1=O. The molecule has 0 saturated carbocycles. The topological polar surface area (TPSA) is 91.0 Å². The van der Waals surface area contributed by atoms with Crippen LogP contribution in [0.5, 0.6) is 5.75 Å². The van der Waals surface area contributed by atoms with Crippen LogP contribution in [0.2, 0.25) is 0 Å². The molecule has 1 N–H and O–H groups in total. The average molecular weight is 383 g/mol. The second-order valence-corrected chi connectivity index (χ2v) is 7.55. The molecule has 8 nitrogen and oxygen atoms in total. The third kappa shape index (κ3) is 4.05. The van der Waals surface area contributed by atoms with Gasteiger partial charge in [-0.25, -0.2) is 9.67 Å². The summed E-state index contributed by atoms with van der Waals surface area (Å²) in [5.74, 6) is 0.577. The number of ether oxygens (including phenoxy) is 1. The number of rotatable bonds is 6. The van der Waals surface area contributed by atoms with Gasteiger partial charge in [0.15, 0.2) is 5.65 Å². The van der Waals surface area contributed by atoms with Crippen LogP contribution in [0.25, 0.3) is 11.0 Å². The first kappa shape index (κ1) is 19.6. The average Bonchev–Trinajstić information content (AvgIpc) is 3.11. The van der Waals surface area contributed by atoms with Gasteiger partial charge in [0.1, 0.15) is 11.1 Å². The second-order valence-electron chi connectivity index (χ2n) is 7.55. The minimum absolute atomic E-state index is 0.150. The molecule has 0 aliphatic carbocycles. The van der Waals surface area contributed by atoms with Crippen molar-refractivity contribution in [1.82, 2.24) is 24.6 Å². The van der Waals surface area contributed by atoms with Gasteiger partial charge >= 0.3 is 0 Å². The van der Waals surface area contributed by atoms with Crippen LogP contribution >= 0.6 is 0 Å². The number of carbonyl (C=O) groups is 1. The van der Waals surface area contributed by atoms with Crippen molar-refractivity contribution in [3.05, 3.63) is 52.7 Å². The number of fused-ring (bicyclic) bond motifs is 1. The van der Waals surface area contributed by atoms with Crippen LogP contribution in [0.1, 0.15) is 32.8 Å². The van der Waals surface area contributed by atoms with Crippen LogP contribution in [0.15, 0.2) is 41.6 Å². The normalized spacial score (nSPS) is 11.6. The molecule has 148 valence electrons. The smallest absolute Gasteiger partial charge is 0.264 e. The van der Waals surface area contributed by atoms with Crippen molar-refractivity contribution in [3.8, 4) is 5.75 Å². The largest absolute Gasteiger partial charge is 0.496 e. The van der Waals surface area contributed by atoms with E-state index in [-0.39, 0.29) is 30.0 Å². The van der Waals surface area contributed by atoms with E-state index in [4.69, 9.17) is 4.74 Å². The molecule has 0 atom stereocenters. The standard InChI is InChI=1S/C20H25N5O3/c1-20(2,3)25-18-15(12-23-25)19(27)24(13-22-18)10-9-17(26)21-11-14-7-5-6-8-16(14)28-4/h5-8,12-13H,9-11H2,1-4H3,(H,21,26). The van der Waals surface area contributed by atoms with E-state index < -0.39 is 0 Å². The molecular formula is C20H25N5O3. The predicted octanol–water partition coefficient (Wildman–Crippen LogP) is 2.06. The fraction of sp³-hybridized carbons (Fsp3) is 0.400. The Morgan fingerprint density at radius 2 is 2.00 bits per heavy atom. The van der Waals surface area contributed by atoms with E-state index in [2.05, 4.69) is 15.4 Å². The van der Waals surface area contributed by atoms with Gasteiger partial charge in [-0.05, 0) is 26.8 Å². The highest BCUT2D eigenvalue weighted by Gasteiger charge is 2.19. The van der Waals surface area contributed by atoms with Crippen molar-refractivity contribution in [2.45, 2.75) is 45.8 Å². The monoisotopic (exact) mass is 383 g/mol. The number of nitrogens with zero attached hydrogens (tertiary/aromatic N) is 4. The number of amides is 1. The molecule has 1 amide bonds. The van der Waals surface area contributed by atoms with Crippen LogP contribution in [-0.2, 0) is 23.4 Å². The van der Waals surface area contributed by atoms with E-state index in [0.29, 0.717) is 17.6 Å². The lowest BCUT2D eigenvalue weighted by Crippen LogP contribution is -2.28. The number of aryl methyl sites for hydroxylation is 1. The summed E-state index contributed by atoms with van der Waals surface area (Å²) in [5.41, 5.74) is 0.978. The third-order valence-electron chi connectivity index (χ3n) is 4.44. The number of carbonyl (C=O) groups excluding carboxylic acids is 1. The Labute approximate surface area is 163 Å². The summed E-state index contributed by atoms with van der Waals surface area (Å²) in [4.78, 5) is 29.2. The molecule has 0 saturated heterocycles. The Morgan fingerprint density at radius 1 is 1.25 bits per heavy atom. The van der Waals surface area contributed by atoms with Crippen molar-refractivity contribution in [2.24, 2.45) is 0 Å². The van der Waals surface area contributed by atoms with Crippen molar-refractivity contribution in [3.63, 3.8) is 0 Å². The lowest BCUT2D eigenvalue weighted by Gasteiger charge is -2.19. The van der Waals surface area contributed by atoms with Crippen LogP contribution in [0.4, 0.5) is 0 Å². The van der Waals surface area contributed by atoms with Gasteiger partial charge in [0.25, 0.3) is 5.56 Å². The molecule has 0 radical (unpaired) electrons. The van der Waals surface area contributed by atoms with Gasteiger partial charge in [0, 0.05) is 25.1 Å². The molecule has 28 heavy (non-hydrogen) atoms. The van der Waals surface area contributed by atoms with Crippen LogP contribution in [-0.4, -0.2) is 32.3 Å². The van der Waals surface area contributed by atoms with E-state index in [1.54, 1.807) is 11.8 Å². The van der Waals surface area contributed by atoms with Crippen LogP contribution in [0.3, 0.4) is 0 Å². The molecule has 8 heteroatoms. The van der Waals surface area contributed by atoms with Crippen LogP contribution in [0, 0.1) is 0 Å². The summed E-state index contributed by atoms with van der Waals surface area (Å²) in [6.07, 6.45) is 3.19. The first-order valence-corrected chi connectivity index (χ1v) is 9.13. The quantitative estimate of drug-likeness (QED) is 0.704. The number of aromatic nitrogens is 4. The van der Waals surface area contributed by atoms with Crippen molar-refractivity contribution < 1.29 is 9.53 Å². The number of nitrogens with one attached hydrogen (secondary N) is 1. The zero-order chi connectivity index (χ0) is 20.3. The molecule has 2 aromatic heterocycles. The van der Waals surface area contributed by atoms with E-state index in [1.165, 1.54) is 17.1 Å². The number of methoxy groups -OCH3 is 1. The molecule has 0 fully saturated rings. The lowest BCUT2D eigenvalue weighted by atomic mass is 10.1. The maximum Gasteiger partial charge on any atom is 0.264 e. The molecule has 0 bridgehead atoms.